The van der Waals surface area contributed by atoms with Gasteiger partial charge in [-0.3, -0.25) is 4.79 Å². The van der Waals surface area contributed by atoms with Crippen molar-refractivity contribution in [3.63, 3.8) is 0 Å². The fourth-order valence-corrected chi connectivity index (χ4v) is 3.33. The van der Waals surface area contributed by atoms with Gasteiger partial charge in [0.25, 0.3) is 0 Å². The van der Waals surface area contributed by atoms with Crippen molar-refractivity contribution in [1.82, 2.24) is 4.90 Å². The summed E-state index contributed by atoms with van der Waals surface area (Å²) >= 11 is 0. The Morgan fingerprint density at radius 3 is 2.47 bits per heavy atom. The molecule has 1 saturated heterocycles. The van der Waals surface area contributed by atoms with Crippen LogP contribution in [0.2, 0.25) is 0 Å². The first-order valence-electron chi connectivity index (χ1n) is 6.99. The van der Waals surface area contributed by atoms with Crippen LogP contribution in [0.3, 0.4) is 0 Å². The third-order valence-corrected chi connectivity index (χ3v) is 4.84. The third kappa shape index (κ3) is 2.82. The van der Waals surface area contributed by atoms with Crippen LogP contribution >= 0.6 is 0 Å². The van der Waals surface area contributed by atoms with Crippen LogP contribution in [0, 0.1) is 11.3 Å². The first-order valence-corrected chi connectivity index (χ1v) is 6.99. The zero-order valence-electron chi connectivity index (χ0n) is 11.1. The highest BCUT2D eigenvalue weighted by molar-refractivity contribution is 5.74. The van der Waals surface area contributed by atoms with Crippen LogP contribution in [0.5, 0.6) is 0 Å². The van der Waals surface area contributed by atoms with Gasteiger partial charge in [0.1, 0.15) is 0 Å². The smallest absolute Gasteiger partial charge is 0.309 e. The van der Waals surface area contributed by atoms with E-state index in [-0.39, 0.29) is 0 Å². The summed E-state index contributed by atoms with van der Waals surface area (Å²) in [7, 11) is 0. The van der Waals surface area contributed by atoms with Gasteiger partial charge in [0.15, 0.2) is 0 Å². The van der Waals surface area contributed by atoms with Crippen LogP contribution in [0.25, 0.3) is 0 Å². The molecule has 2 rings (SSSR count). The largest absolute Gasteiger partial charge is 0.481 e. The van der Waals surface area contributed by atoms with Crippen molar-refractivity contribution >= 4 is 5.97 Å². The molecule has 2 atom stereocenters. The summed E-state index contributed by atoms with van der Waals surface area (Å²) in [5.74, 6) is 0.232. The molecule has 1 heterocycles. The van der Waals surface area contributed by atoms with Crippen LogP contribution in [-0.4, -0.2) is 35.1 Å². The lowest BCUT2D eigenvalue weighted by Gasteiger charge is -2.43. The summed E-state index contributed by atoms with van der Waals surface area (Å²) in [5.41, 5.74) is -0.475. The van der Waals surface area contributed by atoms with Crippen molar-refractivity contribution in [2.24, 2.45) is 11.3 Å². The predicted molar refractivity (Wildman–Crippen MR) is 68.0 cm³/mol. The summed E-state index contributed by atoms with van der Waals surface area (Å²) in [4.78, 5) is 13.7. The molecule has 2 aliphatic rings. The number of rotatable bonds is 2. The molecule has 1 N–H and O–H groups in total. The Morgan fingerprint density at radius 1 is 1.29 bits per heavy atom. The minimum absolute atomic E-state index is 0.475. The number of nitrogens with zero attached hydrogens (tertiary/aromatic N) is 1. The second-order valence-electron chi connectivity index (χ2n) is 6.33. The Kier molecular flexibility index (Phi) is 3.76. The van der Waals surface area contributed by atoms with Gasteiger partial charge in [-0.25, -0.2) is 0 Å². The molecule has 3 nitrogen and oxygen atoms in total. The van der Waals surface area contributed by atoms with Gasteiger partial charge in [-0.15, -0.1) is 0 Å². The number of carboxylic acids is 1. The van der Waals surface area contributed by atoms with Crippen LogP contribution < -0.4 is 0 Å². The van der Waals surface area contributed by atoms with Gasteiger partial charge in [-0.05, 0) is 51.6 Å². The molecule has 0 aromatic heterocycles. The molecule has 1 aliphatic carbocycles. The highest BCUT2D eigenvalue weighted by atomic mass is 16.4. The van der Waals surface area contributed by atoms with Crippen molar-refractivity contribution in [2.75, 3.05) is 13.1 Å². The molecular formula is C14H25NO2. The monoisotopic (exact) mass is 239 g/mol. The average molecular weight is 239 g/mol. The number of piperidine rings is 1. The van der Waals surface area contributed by atoms with Gasteiger partial charge in [-0.2, -0.15) is 0 Å². The zero-order valence-corrected chi connectivity index (χ0v) is 11.1. The van der Waals surface area contributed by atoms with E-state index in [9.17, 15) is 9.90 Å². The molecule has 98 valence electrons. The van der Waals surface area contributed by atoms with E-state index in [1.54, 1.807) is 0 Å². The Morgan fingerprint density at radius 2 is 1.94 bits per heavy atom. The SMILES string of the molecule is CC1CCCC(N2CCC(C)(C(=O)O)CC2)C1. The number of hydrogen-bond donors (Lipinski definition) is 1. The van der Waals surface area contributed by atoms with Gasteiger partial charge in [0, 0.05) is 6.04 Å². The van der Waals surface area contributed by atoms with Crippen LogP contribution in [0.4, 0.5) is 0 Å². The Labute approximate surface area is 104 Å². The van der Waals surface area contributed by atoms with E-state index >= 15 is 0 Å². The quantitative estimate of drug-likeness (QED) is 0.805. The van der Waals surface area contributed by atoms with Gasteiger partial charge >= 0.3 is 5.97 Å². The molecule has 17 heavy (non-hydrogen) atoms. The minimum atomic E-state index is -0.617. The van der Waals surface area contributed by atoms with E-state index < -0.39 is 11.4 Å². The number of aliphatic carboxylic acids is 1. The number of carboxylic acid groups (broad SMARTS) is 1. The van der Waals surface area contributed by atoms with Crippen molar-refractivity contribution < 1.29 is 9.90 Å². The molecule has 0 bridgehead atoms. The molecular weight excluding hydrogens is 214 g/mol. The van der Waals surface area contributed by atoms with Crippen LogP contribution in [-0.2, 0) is 4.79 Å². The van der Waals surface area contributed by atoms with Crippen LogP contribution in [0.15, 0.2) is 0 Å². The van der Waals surface area contributed by atoms with E-state index in [1.165, 1.54) is 25.7 Å². The van der Waals surface area contributed by atoms with Gasteiger partial charge < -0.3 is 10.0 Å². The maximum atomic E-state index is 11.2. The van der Waals surface area contributed by atoms with E-state index in [1.807, 2.05) is 6.92 Å². The highest BCUT2D eigenvalue weighted by Gasteiger charge is 2.38. The molecule has 2 fully saturated rings. The fraction of sp³-hybridized carbons (Fsp3) is 0.929. The summed E-state index contributed by atoms with van der Waals surface area (Å²) in [6.45, 7) is 6.19. The van der Waals surface area contributed by atoms with Crippen molar-refractivity contribution in [3.05, 3.63) is 0 Å². The molecule has 0 radical (unpaired) electrons. The van der Waals surface area contributed by atoms with Crippen molar-refractivity contribution in [3.8, 4) is 0 Å². The van der Waals surface area contributed by atoms with Gasteiger partial charge in [0.05, 0.1) is 5.41 Å². The van der Waals surface area contributed by atoms with Crippen LogP contribution in [0.1, 0.15) is 52.4 Å². The third-order valence-electron chi connectivity index (χ3n) is 4.84. The van der Waals surface area contributed by atoms with E-state index in [2.05, 4.69) is 11.8 Å². The lowest BCUT2D eigenvalue weighted by Crippen LogP contribution is -2.48. The molecule has 2 unspecified atom stereocenters. The van der Waals surface area contributed by atoms with E-state index in [4.69, 9.17) is 0 Å². The highest BCUT2D eigenvalue weighted by Crippen LogP contribution is 2.35. The van der Waals surface area contributed by atoms with E-state index in [0.717, 1.165) is 37.9 Å². The van der Waals surface area contributed by atoms with Crippen molar-refractivity contribution in [1.29, 1.82) is 0 Å². The number of likely N-dealkylation sites (tertiary alicyclic amines) is 1. The Hall–Kier alpha value is -0.570. The minimum Gasteiger partial charge on any atom is -0.481 e. The number of carbonyl (C=O) groups is 1. The number of hydrogen-bond acceptors (Lipinski definition) is 2. The average Bonchev–Trinajstić information content (AvgIpc) is 2.30. The van der Waals surface area contributed by atoms with Gasteiger partial charge in [0.2, 0.25) is 0 Å². The van der Waals surface area contributed by atoms with Gasteiger partial charge in [-0.1, -0.05) is 19.8 Å². The molecule has 3 heteroatoms. The summed E-state index contributed by atoms with van der Waals surface area (Å²) < 4.78 is 0. The molecule has 1 saturated carbocycles. The predicted octanol–water partition coefficient (Wildman–Crippen LogP) is 2.75. The Balaban J connectivity index is 1.88. The summed E-state index contributed by atoms with van der Waals surface area (Å²) in [5, 5.41) is 9.22. The lowest BCUT2D eigenvalue weighted by atomic mass is 9.78. The first-order chi connectivity index (χ1) is 8.01. The van der Waals surface area contributed by atoms with Crippen molar-refractivity contribution in [2.45, 2.75) is 58.4 Å². The summed E-state index contributed by atoms with van der Waals surface area (Å²) in [6, 6.07) is 0.720. The molecule has 0 aromatic carbocycles. The maximum absolute atomic E-state index is 11.2. The zero-order chi connectivity index (χ0) is 12.5. The molecule has 0 aromatic rings. The maximum Gasteiger partial charge on any atom is 0.309 e. The summed E-state index contributed by atoms with van der Waals surface area (Å²) in [6.07, 6.45) is 6.97. The van der Waals surface area contributed by atoms with E-state index in [0.29, 0.717) is 0 Å². The first kappa shape index (κ1) is 12.9. The standard InChI is InChI=1S/C14H25NO2/c1-11-4-3-5-12(10-11)15-8-6-14(2,7-9-15)13(16)17/h11-12H,3-10H2,1-2H3,(H,16,17). The second-order valence-corrected chi connectivity index (χ2v) is 6.33. The Bertz CT molecular complexity index is 282. The topological polar surface area (TPSA) is 40.5 Å². The normalized spacial score (nSPS) is 34.5. The molecule has 0 amide bonds. The lowest BCUT2D eigenvalue weighted by molar-refractivity contribution is -0.151. The molecule has 1 aliphatic heterocycles. The second kappa shape index (κ2) is 4.97. The molecule has 0 spiro atoms. The fourth-order valence-electron chi connectivity index (χ4n) is 3.33.